The SMILES string of the molecule is CCC(C)(C)C(=O)N[C@@H](CCSC)C(=O)O. The monoisotopic (exact) mass is 247 g/mol. The van der Waals surface area contributed by atoms with E-state index in [-0.39, 0.29) is 5.91 Å². The molecule has 0 aromatic heterocycles. The van der Waals surface area contributed by atoms with Gasteiger partial charge in [-0.05, 0) is 24.9 Å². The second kappa shape index (κ2) is 6.78. The van der Waals surface area contributed by atoms with Crippen LogP contribution in [0.1, 0.15) is 33.6 Å². The van der Waals surface area contributed by atoms with E-state index in [1.165, 1.54) is 0 Å². The zero-order valence-corrected chi connectivity index (χ0v) is 11.2. The van der Waals surface area contributed by atoms with Gasteiger partial charge in [-0.3, -0.25) is 4.79 Å². The van der Waals surface area contributed by atoms with Gasteiger partial charge in [-0.1, -0.05) is 20.8 Å². The molecule has 0 radical (unpaired) electrons. The molecule has 1 amide bonds. The first-order chi connectivity index (χ1) is 7.35. The summed E-state index contributed by atoms with van der Waals surface area (Å²) in [4.78, 5) is 22.7. The van der Waals surface area contributed by atoms with Gasteiger partial charge in [0.25, 0.3) is 0 Å². The molecule has 0 fully saturated rings. The van der Waals surface area contributed by atoms with Gasteiger partial charge in [0.05, 0.1) is 0 Å². The quantitative estimate of drug-likeness (QED) is 0.719. The largest absolute Gasteiger partial charge is 0.480 e. The summed E-state index contributed by atoms with van der Waals surface area (Å²) < 4.78 is 0. The molecule has 1 atom stereocenters. The van der Waals surface area contributed by atoms with Crippen LogP contribution >= 0.6 is 11.8 Å². The number of carboxylic acids is 1. The molecule has 0 aliphatic heterocycles. The lowest BCUT2D eigenvalue weighted by atomic mass is 9.89. The number of amides is 1. The molecule has 0 aromatic rings. The van der Waals surface area contributed by atoms with Crippen molar-refractivity contribution in [3.8, 4) is 0 Å². The van der Waals surface area contributed by atoms with Crippen molar-refractivity contribution < 1.29 is 14.7 Å². The number of hydrogen-bond donors (Lipinski definition) is 2. The molecule has 0 aliphatic carbocycles. The van der Waals surface area contributed by atoms with Crippen LogP contribution in [-0.2, 0) is 9.59 Å². The van der Waals surface area contributed by atoms with Gasteiger partial charge in [0.15, 0.2) is 0 Å². The Kier molecular flexibility index (Phi) is 6.48. The minimum Gasteiger partial charge on any atom is -0.480 e. The molecular formula is C11H21NO3S. The van der Waals surface area contributed by atoms with E-state index in [2.05, 4.69) is 5.32 Å². The Morgan fingerprint density at radius 2 is 2.00 bits per heavy atom. The highest BCUT2D eigenvalue weighted by molar-refractivity contribution is 7.98. The van der Waals surface area contributed by atoms with Gasteiger partial charge < -0.3 is 10.4 Å². The summed E-state index contributed by atoms with van der Waals surface area (Å²) in [6.07, 6.45) is 3.06. The average Bonchev–Trinajstić information content (AvgIpc) is 2.23. The molecule has 94 valence electrons. The van der Waals surface area contributed by atoms with Gasteiger partial charge in [0.2, 0.25) is 5.91 Å². The predicted molar refractivity (Wildman–Crippen MR) is 66.6 cm³/mol. The number of carboxylic acid groups (broad SMARTS) is 1. The lowest BCUT2D eigenvalue weighted by Gasteiger charge is -2.24. The van der Waals surface area contributed by atoms with Crippen LogP contribution in [0.15, 0.2) is 0 Å². The van der Waals surface area contributed by atoms with Crippen molar-refractivity contribution in [3.05, 3.63) is 0 Å². The van der Waals surface area contributed by atoms with Crippen LogP contribution in [0.5, 0.6) is 0 Å². The standard InChI is InChI=1S/C11H21NO3S/c1-5-11(2,3)10(15)12-8(9(13)14)6-7-16-4/h8H,5-7H2,1-4H3,(H,12,15)(H,13,14)/t8-/m0/s1. The number of hydrogen-bond acceptors (Lipinski definition) is 3. The van der Waals surface area contributed by atoms with E-state index in [0.29, 0.717) is 12.8 Å². The van der Waals surface area contributed by atoms with Crippen molar-refractivity contribution in [3.63, 3.8) is 0 Å². The van der Waals surface area contributed by atoms with E-state index >= 15 is 0 Å². The van der Waals surface area contributed by atoms with E-state index in [1.54, 1.807) is 11.8 Å². The first-order valence-corrected chi connectivity index (χ1v) is 6.77. The molecule has 0 unspecified atom stereocenters. The summed E-state index contributed by atoms with van der Waals surface area (Å²) in [5, 5.41) is 11.6. The Bertz CT molecular complexity index is 254. The van der Waals surface area contributed by atoms with Crippen LogP contribution < -0.4 is 5.32 Å². The molecule has 0 aromatic carbocycles. The van der Waals surface area contributed by atoms with Crippen molar-refractivity contribution in [1.82, 2.24) is 5.32 Å². The van der Waals surface area contributed by atoms with E-state index < -0.39 is 17.4 Å². The van der Waals surface area contributed by atoms with Gasteiger partial charge >= 0.3 is 5.97 Å². The highest BCUT2D eigenvalue weighted by Crippen LogP contribution is 2.20. The van der Waals surface area contributed by atoms with Crippen molar-refractivity contribution in [2.45, 2.75) is 39.7 Å². The third kappa shape index (κ3) is 4.88. The zero-order chi connectivity index (χ0) is 12.8. The fourth-order valence-electron chi connectivity index (χ4n) is 1.01. The van der Waals surface area contributed by atoms with Crippen LogP contribution in [0.4, 0.5) is 0 Å². The predicted octanol–water partition coefficient (Wildman–Crippen LogP) is 1.75. The first kappa shape index (κ1) is 15.3. The van der Waals surface area contributed by atoms with E-state index in [4.69, 9.17) is 5.11 Å². The average molecular weight is 247 g/mol. The first-order valence-electron chi connectivity index (χ1n) is 5.38. The number of carbonyl (C=O) groups excluding carboxylic acids is 1. The maximum atomic E-state index is 11.8. The van der Waals surface area contributed by atoms with Gasteiger partial charge in [0.1, 0.15) is 6.04 Å². The lowest BCUT2D eigenvalue weighted by Crippen LogP contribution is -2.46. The number of rotatable bonds is 7. The third-order valence-corrected chi connectivity index (χ3v) is 3.36. The maximum Gasteiger partial charge on any atom is 0.326 e. The Labute approximate surface area is 101 Å². The molecule has 0 saturated heterocycles. The Hall–Kier alpha value is -0.710. The minimum absolute atomic E-state index is 0.191. The number of thioether (sulfide) groups is 1. The summed E-state index contributed by atoms with van der Waals surface area (Å²) in [5.74, 6) is -0.429. The number of aliphatic carboxylic acids is 1. The van der Waals surface area contributed by atoms with Crippen LogP contribution in [0.25, 0.3) is 0 Å². The molecule has 16 heavy (non-hydrogen) atoms. The van der Waals surface area contributed by atoms with Crippen LogP contribution in [0.3, 0.4) is 0 Å². The maximum absolute atomic E-state index is 11.8. The van der Waals surface area contributed by atoms with Gasteiger partial charge in [-0.2, -0.15) is 11.8 Å². The van der Waals surface area contributed by atoms with Crippen molar-refractivity contribution in [2.75, 3.05) is 12.0 Å². The fourth-order valence-corrected chi connectivity index (χ4v) is 1.48. The van der Waals surface area contributed by atoms with Crippen molar-refractivity contribution in [1.29, 1.82) is 0 Å². The lowest BCUT2D eigenvalue weighted by molar-refractivity contribution is -0.143. The Balaban J connectivity index is 4.40. The summed E-state index contributed by atoms with van der Waals surface area (Å²) in [7, 11) is 0. The molecule has 0 spiro atoms. The van der Waals surface area contributed by atoms with Crippen LogP contribution in [0.2, 0.25) is 0 Å². The van der Waals surface area contributed by atoms with E-state index in [0.717, 1.165) is 5.75 Å². The summed E-state index contributed by atoms with van der Waals surface area (Å²) >= 11 is 1.57. The molecule has 0 aliphatic rings. The summed E-state index contributed by atoms with van der Waals surface area (Å²) in [6.45, 7) is 5.54. The second-order valence-electron chi connectivity index (χ2n) is 4.38. The normalized spacial score (nSPS) is 13.2. The molecule has 0 bridgehead atoms. The smallest absolute Gasteiger partial charge is 0.326 e. The molecular weight excluding hydrogens is 226 g/mol. The highest BCUT2D eigenvalue weighted by Gasteiger charge is 2.29. The van der Waals surface area contributed by atoms with Gasteiger partial charge in [0, 0.05) is 5.41 Å². The fraction of sp³-hybridized carbons (Fsp3) is 0.818. The summed E-state index contributed by atoms with van der Waals surface area (Å²) in [6, 6.07) is -0.772. The highest BCUT2D eigenvalue weighted by atomic mass is 32.2. The summed E-state index contributed by atoms with van der Waals surface area (Å²) in [5.41, 5.74) is -0.507. The zero-order valence-electron chi connectivity index (χ0n) is 10.4. The van der Waals surface area contributed by atoms with Crippen molar-refractivity contribution in [2.24, 2.45) is 5.41 Å². The molecule has 0 rings (SSSR count). The van der Waals surface area contributed by atoms with E-state index in [9.17, 15) is 9.59 Å². The Morgan fingerprint density at radius 3 is 2.38 bits per heavy atom. The number of nitrogens with one attached hydrogen (secondary N) is 1. The van der Waals surface area contributed by atoms with Gasteiger partial charge in [-0.25, -0.2) is 4.79 Å². The molecule has 0 heterocycles. The third-order valence-electron chi connectivity index (χ3n) is 2.71. The topological polar surface area (TPSA) is 66.4 Å². The number of carbonyl (C=O) groups is 2. The molecule has 0 saturated carbocycles. The van der Waals surface area contributed by atoms with Gasteiger partial charge in [-0.15, -0.1) is 0 Å². The minimum atomic E-state index is -0.964. The van der Waals surface area contributed by atoms with E-state index in [1.807, 2.05) is 27.0 Å². The second-order valence-corrected chi connectivity index (χ2v) is 5.37. The molecule has 2 N–H and O–H groups in total. The Morgan fingerprint density at radius 1 is 1.44 bits per heavy atom. The van der Waals surface area contributed by atoms with Crippen molar-refractivity contribution >= 4 is 23.6 Å². The van der Waals surface area contributed by atoms with Crippen LogP contribution in [-0.4, -0.2) is 35.0 Å². The van der Waals surface area contributed by atoms with Crippen LogP contribution in [0, 0.1) is 5.41 Å². The molecule has 5 heteroatoms. The molecule has 4 nitrogen and oxygen atoms in total.